The van der Waals surface area contributed by atoms with Gasteiger partial charge >= 0.3 is 5.97 Å². The van der Waals surface area contributed by atoms with E-state index in [1.807, 2.05) is 6.07 Å². The third-order valence-electron chi connectivity index (χ3n) is 14.4. The number of benzene rings is 1. The van der Waals surface area contributed by atoms with Crippen LogP contribution in [0.3, 0.4) is 0 Å². The summed E-state index contributed by atoms with van der Waals surface area (Å²) in [6, 6.07) is 10.3. The van der Waals surface area contributed by atoms with E-state index < -0.39 is 11.4 Å². The van der Waals surface area contributed by atoms with Crippen LogP contribution in [0.5, 0.6) is 0 Å². The van der Waals surface area contributed by atoms with E-state index in [0.29, 0.717) is 23.7 Å². The summed E-state index contributed by atoms with van der Waals surface area (Å²) in [4.78, 5) is 12.9. The monoisotopic (exact) mass is 544 g/mol. The molecule has 0 radical (unpaired) electrons. The Morgan fingerprint density at radius 2 is 1.62 bits per heavy atom. The molecule has 0 unspecified atom stereocenters. The van der Waals surface area contributed by atoms with Crippen molar-refractivity contribution < 1.29 is 9.90 Å². The quantitative estimate of drug-likeness (QED) is 0.293. The smallest absolute Gasteiger partial charge is 0.309 e. The molecule has 218 valence electrons. The highest BCUT2D eigenvalue weighted by molar-refractivity contribution is 5.91. The number of fused-ring (bicyclic) bond motifs is 7. The maximum atomic E-state index is 12.9. The first-order valence-electron chi connectivity index (χ1n) is 16.1. The van der Waals surface area contributed by atoms with Gasteiger partial charge in [0.25, 0.3) is 0 Å². The Hall–Kier alpha value is -2.10. The number of carbonyl (C=O) groups is 1. The van der Waals surface area contributed by atoms with E-state index in [0.717, 1.165) is 37.8 Å². The summed E-state index contributed by atoms with van der Waals surface area (Å²) in [5, 5.41) is 15.6. The SMILES string of the molecule is C=C(C)[C@@H]1CC[C@]2(C(=O)O)CC[C@]3(C)[C@H](CC[C@@H]4[C@@]5(C)CC/C(=N\Nc6ccccc6)C(C)(C)[C@@H]5CC[C@]43C)[C@@H]12. The van der Waals surface area contributed by atoms with Crippen LogP contribution in [-0.2, 0) is 4.79 Å². The lowest BCUT2D eigenvalue weighted by atomic mass is 9.32. The van der Waals surface area contributed by atoms with Crippen LogP contribution in [-0.4, -0.2) is 16.8 Å². The van der Waals surface area contributed by atoms with E-state index >= 15 is 0 Å². The Morgan fingerprint density at radius 1 is 0.900 bits per heavy atom. The van der Waals surface area contributed by atoms with Gasteiger partial charge < -0.3 is 5.11 Å². The van der Waals surface area contributed by atoms with Gasteiger partial charge in [0.15, 0.2) is 0 Å². The highest BCUT2D eigenvalue weighted by Gasteiger charge is 2.71. The topological polar surface area (TPSA) is 61.7 Å². The van der Waals surface area contributed by atoms with Gasteiger partial charge in [0.1, 0.15) is 0 Å². The summed E-state index contributed by atoms with van der Waals surface area (Å²) < 4.78 is 0. The van der Waals surface area contributed by atoms with Crippen LogP contribution in [0.1, 0.15) is 106 Å². The molecule has 1 aromatic rings. The zero-order chi connectivity index (χ0) is 28.7. The number of hydrazone groups is 1. The summed E-state index contributed by atoms with van der Waals surface area (Å²) >= 11 is 0. The molecule has 0 aromatic heterocycles. The predicted octanol–water partition coefficient (Wildman–Crippen LogP) is 9.20. The van der Waals surface area contributed by atoms with Gasteiger partial charge in [-0.3, -0.25) is 10.2 Å². The van der Waals surface area contributed by atoms with E-state index in [4.69, 9.17) is 5.10 Å². The molecule has 9 atom stereocenters. The van der Waals surface area contributed by atoms with Crippen LogP contribution in [0, 0.1) is 56.7 Å². The Bertz CT molecular complexity index is 1220. The molecule has 0 aliphatic heterocycles. The van der Waals surface area contributed by atoms with Crippen LogP contribution in [0.15, 0.2) is 47.6 Å². The summed E-state index contributed by atoms with van der Waals surface area (Å²) in [5.74, 6) is 1.83. The second-order valence-corrected chi connectivity index (χ2v) is 15.9. The van der Waals surface area contributed by atoms with Gasteiger partial charge in [0.2, 0.25) is 0 Å². The third-order valence-corrected chi connectivity index (χ3v) is 14.4. The normalized spacial score (nSPS) is 46.5. The van der Waals surface area contributed by atoms with Crippen LogP contribution >= 0.6 is 0 Å². The van der Waals surface area contributed by atoms with E-state index in [2.05, 4.69) is 77.8 Å². The molecule has 40 heavy (non-hydrogen) atoms. The molecule has 4 heteroatoms. The Kier molecular flexibility index (Phi) is 6.45. The standard InChI is InChI=1S/C36H52N2O2/c1-23(2)25-15-20-36(31(39)40)22-21-34(6)26(30(25)36)13-14-28-33(5)18-17-29(38-37-24-11-9-8-10-12-24)32(3,4)27(33)16-19-35(28,34)7/h8-12,25-28,30,37H,1,13-22H2,2-7H3,(H,39,40)/b38-29+/t25-,26+,27-,28+,30+,33-,34+,35+,36-/m0/s1. The largest absolute Gasteiger partial charge is 0.481 e. The van der Waals surface area contributed by atoms with Crippen LogP contribution in [0.25, 0.3) is 0 Å². The number of nitrogens with zero attached hydrogens (tertiary/aromatic N) is 1. The molecular weight excluding hydrogens is 492 g/mol. The van der Waals surface area contributed by atoms with E-state index in [1.165, 1.54) is 43.4 Å². The van der Waals surface area contributed by atoms with Crippen molar-refractivity contribution in [2.75, 3.05) is 5.43 Å². The number of hydrogen-bond acceptors (Lipinski definition) is 3. The van der Waals surface area contributed by atoms with Gasteiger partial charge in [-0.25, -0.2) is 0 Å². The Labute approximate surface area is 242 Å². The van der Waals surface area contributed by atoms with Crippen molar-refractivity contribution in [3.8, 4) is 0 Å². The van der Waals surface area contributed by atoms with Gasteiger partial charge in [0.05, 0.1) is 11.1 Å². The number of carboxylic acids is 1. The Balaban J connectivity index is 1.32. The average Bonchev–Trinajstić information content (AvgIpc) is 3.31. The van der Waals surface area contributed by atoms with Crippen LogP contribution in [0.4, 0.5) is 5.69 Å². The lowest BCUT2D eigenvalue weighted by molar-refractivity contribution is -0.230. The summed E-state index contributed by atoms with van der Waals surface area (Å²) in [6.45, 7) is 19.3. The fourth-order valence-corrected chi connectivity index (χ4v) is 12.2. The molecule has 0 bridgehead atoms. The van der Waals surface area contributed by atoms with E-state index in [9.17, 15) is 9.90 Å². The molecule has 0 spiro atoms. The van der Waals surface area contributed by atoms with Gasteiger partial charge in [-0.05, 0) is 129 Å². The maximum Gasteiger partial charge on any atom is 0.309 e. The van der Waals surface area contributed by atoms with Crippen molar-refractivity contribution in [3.05, 3.63) is 42.5 Å². The number of aliphatic carboxylic acids is 1. The molecule has 5 aliphatic carbocycles. The number of para-hydroxylation sites is 1. The highest BCUT2D eigenvalue weighted by atomic mass is 16.4. The summed E-state index contributed by atoms with van der Waals surface area (Å²) in [6.07, 6.45) is 10.9. The van der Waals surface area contributed by atoms with Crippen LogP contribution < -0.4 is 5.43 Å². The van der Waals surface area contributed by atoms with Crippen molar-refractivity contribution in [1.29, 1.82) is 0 Å². The summed E-state index contributed by atoms with van der Waals surface area (Å²) in [5.41, 5.74) is 7.16. The Morgan fingerprint density at radius 3 is 2.30 bits per heavy atom. The molecule has 1 aromatic carbocycles. The second-order valence-electron chi connectivity index (χ2n) is 15.9. The molecule has 0 amide bonds. The number of anilines is 1. The fourth-order valence-electron chi connectivity index (χ4n) is 12.2. The average molecular weight is 545 g/mol. The van der Waals surface area contributed by atoms with Gasteiger partial charge in [-0.15, -0.1) is 0 Å². The molecule has 0 heterocycles. The molecule has 5 saturated carbocycles. The fraction of sp³-hybridized carbons (Fsp3) is 0.722. The van der Waals surface area contributed by atoms with Crippen molar-refractivity contribution >= 4 is 17.4 Å². The highest BCUT2D eigenvalue weighted by Crippen LogP contribution is 2.77. The molecule has 0 saturated heterocycles. The second kappa shape index (κ2) is 9.20. The molecule has 4 nitrogen and oxygen atoms in total. The maximum absolute atomic E-state index is 12.9. The lowest BCUT2D eigenvalue weighted by Gasteiger charge is -2.72. The zero-order valence-corrected chi connectivity index (χ0v) is 25.9. The van der Waals surface area contributed by atoms with Crippen molar-refractivity contribution in [2.24, 2.45) is 61.8 Å². The van der Waals surface area contributed by atoms with Gasteiger partial charge in [-0.2, -0.15) is 5.10 Å². The molecular formula is C36H52N2O2. The summed E-state index contributed by atoms with van der Waals surface area (Å²) in [7, 11) is 0. The molecule has 5 aliphatic rings. The first kappa shape index (κ1) is 28.0. The molecule has 6 rings (SSSR count). The molecule has 2 N–H and O–H groups in total. The predicted molar refractivity (Wildman–Crippen MR) is 164 cm³/mol. The number of hydrogen-bond donors (Lipinski definition) is 2. The zero-order valence-electron chi connectivity index (χ0n) is 25.9. The van der Waals surface area contributed by atoms with Crippen molar-refractivity contribution in [3.63, 3.8) is 0 Å². The number of rotatable bonds is 4. The first-order chi connectivity index (χ1) is 18.8. The van der Waals surface area contributed by atoms with E-state index in [1.54, 1.807) is 0 Å². The minimum Gasteiger partial charge on any atom is -0.481 e. The lowest BCUT2D eigenvalue weighted by Crippen LogP contribution is -2.66. The number of allylic oxidation sites excluding steroid dienone is 1. The van der Waals surface area contributed by atoms with Gasteiger partial charge in [0, 0.05) is 11.1 Å². The van der Waals surface area contributed by atoms with Gasteiger partial charge in [-0.1, -0.05) is 65.0 Å². The number of nitrogens with one attached hydrogen (secondary N) is 1. The van der Waals surface area contributed by atoms with Crippen LogP contribution in [0.2, 0.25) is 0 Å². The number of carboxylic acid groups (broad SMARTS) is 1. The third kappa shape index (κ3) is 3.62. The van der Waals surface area contributed by atoms with Crippen molar-refractivity contribution in [1.82, 2.24) is 0 Å². The van der Waals surface area contributed by atoms with E-state index in [-0.39, 0.29) is 27.6 Å². The first-order valence-corrected chi connectivity index (χ1v) is 16.1. The minimum atomic E-state index is -0.540. The molecule has 5 fully saturated rings. The minimum absolute atomic E-state index is 0.0510. The van der Waals surface area contributed by atoms with Crippen molar-refractivity contribution in [2.45, 2.75) is 106 Å².